The number of nitrogens with one attached hydrogen (secondary N) is 1. The zero-order chi connectivity index (χ0) is 15.4. The highest BCUT2D eigenvalue weighted by atomic mass is 32.1. The molecule has 0 fully saturated rings. The summed E-state index contributed by atoms with van der Waals surface area (Å²) in [5.41, 5.74) is 12.5. The van der Waals surface area contributed by atoms with Crippen molar-refractivity contribution < 1.29 is 9.59 Å². The van der Waals surface area contributed by atoms with Gasteiger partial charge in [0.2, 0.25) is 0 Å². The Morgan fingerprint density at radius 2 is 2.19 bits per heavy atom. The van der Waals surface area contributed by atoms with E-state index >= 15 is 0 Å². The molecule has 5 N–H and O–H groups in total. The van der Waals surface area contributed by atoms with Gasteiger partial charge in [-0.3, -0.25) is 14.6 Å². The number of aromatic nitrogens is 1. The molecule has 0 spiro atoms. The van der Waals surface area contributed by atoms with E-state index in [1.807, 2.05) is 12.1 Å². The number of ketones is 1. The number of thiophene rings is 1. The number of nitrogens with zero attached hydrogens (tertiary/aromatic N) is 1. The Balaban J connectivity index is 2.30. The van der Waals surface area contributed by atoms with E-state index in [1.54, 1.807) is 19.3 Å². The van der Waals surface area contributed by atoms with Crippen LogP contribution in [0.25, 0.3) is 0 Å². The minimum Gasteiger partial charge on any atom is -0.397 e. The maximum Gasteiger partial charge on any atom is 0.253 e. The molecule has 7 heteroatoms. The van der Waals surface area contributed by atoms with Gasteiger partial charge in [-0.05, 0) is 11.6 Å². The van der Waals surface area contributed by atoms with Crippen LogP contribution in [-0.2, 0) is 6.54 Å². The molecule has 0 atom stereocenters. The van der Waals surface area contributed by atoms with Gasteiger partial charge in [-0.2, -0.15) is 0 Å². The molecule has 0 aliphatic carbocycles. The number of nitrogen functional groups attached to an aromatic ring is 1. The molecule has 2 rings (SSSR count). The number of amides is 1. The first-order chi connectivity index (χ1) is 10.0. The number of carbonyl (C=O) groups is 2. The molecule has 0 radical (unpaired) electrons. The van der Waals surface area contributed by atoms with Crippen molar-refractivity contribution in [1.82, 2.24) is 4.98 Å². The molecule has 2 heterocycles. The molecule has 2 aromatic rings. The molecule has 0 saturated carbocycles. The molecule has 0 bridgehead atoms. The average Bonchev–Trinajstić information content (AvgIpc) is 2.82. The Kier molecular flexibility index (Phi) is 4.54. The second-order valence-electron chi connectivity index (χ2n) is 4.40. The lowest BCUT2D eigenvalue weighted by Crippen LogP contribution is -2.15. The van der Waals surface area contributed by atoms with Crippen molar-refractivity contribution in [1.29, 1.82) is 0 Å². The number of anilines is 2. The number of hydrogen-bond donors (Lipinski definition) is 3. The topological polar surface area (TPSA) is 111 Å². The van der Waals surface area contributed by atoms with Gasteiger partial charge in [-0.1, -0.05) is 13.0 Å². The standard InChI is InChI=1S/C14H16N4O2S/c1-2-9(19)12-11(15)10(13(16)20)14(21-12)18-7-8-4-3-5-17-6-8/h3-6,18H,2,7,15H2,1H3,(H2,16,20). The van der Waals surface area contributed by atoms with Crippen molar-refractivity contribution >= 4 is 33.7 Å². The van der Waals surface area contributed by atoms with Crippen molar-refractivity contribution in [3.63, 3.8) is 0 Å². The van der Waals surface area contributed by atoms with Gasteiger partial charge >= 0.3 is 0 Å². The fourth-order valence-electron chi connectivity index (χ4n) is 1.87. The van der Waals surface area contributed by atoms with Gasteiger partial charge in [-0.15, -0.1) is 11.3 Å². The Labute approximate surface area is 126 Å². The van der Waals surface area contributed by atoms with E-state index in [0.29, 0.717) is 22.8 Å². The fourth-order valence-corrected chi connectivity index (χ4v) is 3.00. The van der Waals surface area contributed by atoms with Crippen LogP contribution >= 0.6 is 11.3 Å². The molecule has 21 heavy (non-hydrogen) atoms. The lowest BCUT2D eigenvalue weighted by Gasteiger charge is -2.05. The van der Waals surface area contributed by atoms with Crippen molar-refractivity contribution in [2.75, 3.05) is 11.1 Å². The summed E-state index contributed by atoms with van der Waals surface area (Å²) in [6, 6.07) is 3.72. The van der Waals surface area contributed by atoms with E-state index in [9.17, 15) is 9.59 Å². The fraction of sp³-hybridized carbons (Fsp3) is 0.214. The van der Waals surface area contributed by atoms with Crippen LogP contribution in [0.5, 0.6) is 0 Å². The number of nitrogens with two attached hydrogens (primary N) is 2. The molecule has 0 saturated heterocycles. The molecular weight excluding hydrogens is 288 g/mol. The smallest absolute Gasteiger partial charge is 0.253 e. The lowest BCUT2D eigenvalue weighted by atomic mass is 10.1. The van der Waals surface area contributed by atoms with Crippen LogP contribution in [0.15, 0.2) is 24.5 Å². The molecule has 0 aromatic carbocycles. The Hall–Kier alpha value is -2.41. The number of rotatable bonds is 6. The minimum atomic E-state index is -0.646. The molecule has 110 valence electrons. The second kappa shape index (κ2) is 6.36. The summed E-state index contributed by atoms with van der Waals surface area (Å²) in [5, 5.41) is 3.61. The third kappa shape index (κ3) is 3.19. The summed E-state index contributed by atoms with van der Waals surface area (Å²) < 4.78 is 0. The van der Waals surface area contributed by atoms with Gasteiger partial charge in [0.1, 0.15) is 5.00 Å². The van der Waals surface area contributed by atoms with Gasteiger partial charge in [0, 0.05) is 25.4 Å². The SMILES string of the molecule is CCC(=O)c1sc(NCc2cccnc2)c(C(N)=O)c1N. The summed E-state index contributed by atoms with van der Waals surface area (Å²) in [6.45, 7) is 2.21. The monoisotopic (exact) mass is 304 g/mol. The summed E-state index contributed by atoms with van der Waals surface area (Å²) in [6.07, 6.45) is 3.72. The zero-order valence-electron chi connectivity index (χ0n) is 11.6. The van der Waals surface area contributed by atoms with Crippen LogP contribution in [0.1, 0.15) is 38.9 Å². The number of carbonyl (C=O) groups excluding carboxylic acids is 2. The largest absolute Gasteiger partial charge is 0.397 e. The van der Waals surface area contributed by atoms with Crippen LogP contribution in [0.4, 0.5) is 10.7 Å². The Bertz CT molecular complexity index is 667. The molecular formula is C14H16N4O2S. The van der Waals surface area contributed by atoms with Crippen molar-refractivity contribution in [2.24, 2.45) is 5.73 Å². The van der Waals surface area contributed by atoms with E-state index in [-0.39, 0.29) is 17.0 Å². The first kappa shape index (κ1) is 15.0. The number of primary amides is 1. The van der Waals surface area contributed by atoms with Crippen LogP contribution in [0.3, 0.4) is 0 Å². The van der Waals surface area contributed by atoms with Crippen LogP contribution < -0.4 is 16.8 Å². The van der Waals surface area contributed by atoms with Crippen molar-refractivity contribution in [2.45, 2.75) is 19.9 Å². The van der Waals surface area contributed by atoms with Gasteiger partial charge in [-0.25, -0.2) is 0 Å². The summed E-state index contributed by atoms with van der Waals surface area (Å²) in [4.78, 5) is 27.8. The van der Waals surface area contributed by atoms with Crippen LogP contribution in [0.2, 0.25) is 0 Å². The van der Waals surface area contributed by atoms with Crippen LogP contribution in [-0.4, -0.2) is 16.7 Å². The summed E-state index contributed by atoms with van der Waals surface area (Å²) >= 11 is 1.16. The van der Waals surface area contributed by atoms with Gasteiger partial charge < -0.3 is 16.8 Å². The summed E-state index contributed by atoms with van der Waals surface area (Å²) in [7, 11) is 0. The van der Waals surface area contributed by atoms with E-state index in [4.69, 9.17) is 11.5 Å². The van der Waals surface area contributed by atoms with Crippen molar-refractivity contribution in [3.05, 3.63) is 40.5 Å². The van der Waals surface area contributed by atoms with E-state index in [2.05, 4.69) is 10.3 Å². The third-order valence-corrected chi connectivity index (χ3v) is 4.15. The lowest BCUT2D eigenvalue weighted by molar-refractivity contribution is 0.0991. The number of Topliss-reactive ketones (excluding diaryl/α,β-unsaturated/α-hetero) is 1. The quantitative estimate of drug-likeness (QED) is 0.707. The van der Waals surface area contributed by atoms with Gasteiger partial charge in [0.05, 0.1) is 16.1 Å². The predicted octanol–water partition coefficient (Wildman–Crippen LogP) is 2.03. The average molecular weight is 304 g/mol. The highest BCUT2D eigenvalue weighted by molar-refractivity contribution is 7.19. The van der Waals surface area contributed by atoms with Crippen molar-refractivity contribution in [3.8, 4) is 0 Å². The van der Waals surface area contributed by atoms with E-state index in [1.165, 1.54) is 0 Å². The number of pyridine rings is 1. The molecule has 2 aromatic heterocycles. The van der Waals surface area contributed by atoms with E-state index in [0.717, 1.165) is 16.9 Å². The first-order valence-electron chi connectivity index (χ1n) is 6.42. The van der Waals surface area contributed by atoms with Gasteiger partial charge in [0.25, 0.3) is 5.91 Å². The highest BCUT2D eigenvalue weighted by Crippen LogP contribution is 2.36. The normalized spacial score (nSPS) is 10.3. The first-order valence-corrected chi connectivity index (χ1v) is 7.24. The molecule has 6 nitrogen and oxygen atoms in total. The zero-order valence-corrected chi connectivity index (χ0v) is 12.4. The van der Waals surface area contributed by atoms with Gasteiger partial charge in [0.15, 0.2) is 5.78 Å². The molecule has 0 aliphatic rings. The highest BCUT2D eigenvalue weighted by Gasteiger charge is 2.23. The Morgan fingerprint density at radius 1 is 1.43 bits per heavy atom. The maximum atomic E-state index is 11.8. The predicted molar refractivity (Wildman–Crippen MR) is 83.4 cm³/mol. The number of hydrogen-bond acceptors (Lipinski definition) is 6. The minimum absolute atomic E-state index is 0.102. The van der Waals surface area contributed by atoms with E-state index < -0.39 is 5.91 Å². The van der Waals surface area contributed by atoms with Crippen LogP contribution in [0, 0.1) is 0 Å². The maximum absolute atomic E-state index is 11.8. The third-order valence-electron chi connectivity index (χ3n) is 2.94. The molecule has 0 aliphatic heterocycles. The Morgan fingerprint density at radius 3 is 2.76 bits per heavy atom. The molecule has 0 unspecified atom stereocenters. The molecule has 1 amide bonds. The second-order valence-corrected chi connectivity index (χ2v) is 5.43. The summed E-state index contributed by atoms with van der Waals surface area (Å²) in [5.74, 6) is -0.748.